The number of carbonyl (C=O) groups is 1. The topological polar surface area (TPSA) is 77.1 Å². The first-order valence-electron chi connectivity index (χ1n) is 5.45. The highest BCUT2D eigenvalue weighted by molar-refractivity contribution is 7.80. The molecule has 0 aliphatic carbocycles. The van der Waals surface area contributed by atoms with Crippen molar-refractivity contribution in [1.29, 1.82) is 0 Å². The Morgan fingerprint density at radius 3 is 2.55 bits per heavy atom. The van der Waals surface area contributed by atoms with E-state index >= 15 is 0 Å². The van der Waals surface area contributed by atoms with Crippen molar-refractivity contribution in [3.63, 3.8) is 0 Å². The maximum absolute atomic E-state index is 12.0. The van der Waals surface area contributed by atoms with Crippen molar-refractivity contribution < 1.29 is 18.0 Å². The Morgan fingerprint density at radius 2 is 2.05 bits per heavy atom. The number of nitrogens with two attached hydrogens (primary N) is 1. The second-order valence-corrected chi connectivity index (χ2v) is 4.48. The Bertz CT molecular complexity index is 596. The van der Waals surface area contributed by atoms with Gasteiger partial charge in [-0.25, -0.2) is 0 Å². The van der Waals surface area contributed by atoms with Crippen molar-refractivity contribution in [2.75, 3.05) is 6.54 Å². The fourth-order valence-electron chi connectivity index (χ4n) is 1.45. The average molecular weight is 307 g/mol. The van der Waals surface area contributed by atoms with E-state index in [1.54, 1.807) is 12.2 Å². The third-order valence-electron chi connectivity index (χ3n) is 2.45. The first-order chi connectivity index (χ1) is 9.11. The molecule has 0 saturated heterocycles. The van der Waals surface area contributed by atoms with Gasteiger partial charge in [0.2, 0.25) is 5.91 Å². The molecule has 20 heavy (non-hydrogen) atoms. The van der Waals surface area contributed by atoms with Gasteiger partial charge < -0.3 is 15.6 Å². The van der Waals surface area contributed by atoms with Crippen LogP contribution in [0.5, 0.6) is 0 Å². The van der Waals surface area contributed by atoms with Gasteiger partial charge in [0.1, 0.15) is 18.1 Å². The van der Waals surface area contributed by atoms with E-state index in [0.29, 0.717) is 5.69 Å². The summed E-state index contributed by atoms with van der Waals surface area (Å²) in [7, 11) is 0. The Kier molecular flexibility index (Phi) is 4.88. The number of carbonyl (C=O) groups excluding carboxylic acids is 1. The first-order valence-corrected chi connectivity index (χ1v) is 5.86. The molecule has 0 spiro atoms. The number of aryl methyl sites for hydroxylation is 1. The molecule has 0 aromatic carbocycles. The largest absolute Gasteiger partial charge is 0.405 e. The van der Waals surface area contributed by atoms with E-state index in [-0.39, 0.29) is 10.6 Å². The summed E-state index contributed by atoms with van der Waals surface area (Å²) >= 11 is 4.68. The molecule has 3 N–H and O–H groups in total. The maximum atomic E-state index is 12.0. The minimum absolute atomic E-state index is 0.0363. The van der Waals surface area contributed by atoms with E-state index in [1.807, 2.05) is 0 Å². The number of halogens is 3. The van der Waals surface area contributed by atoms with Crippen LogP contribution in [0.4, 0.5) is 13.2 Å². The van der Waals surface area contributed by atoms with Crippen LogP contribution in [0.3, 0.4) is 0 Å². The predicted molar refractivity (Wildman–Crippen MR) is 70.4 cm³/mol. The summed E-state index contributed by atoms with van der Waals surface area (Å²) in [5, 5.41) is 1.69. The fourth-order valence-corrected chi connectivity index (χ4v) is 1.61. The Hall–Kier alpha value is -1.90. The van der Waals surface area contributed by atoms with Gasteiger partial charge in [-0.3, -0.25) is 9.59 Å². The fraction of sp³-hybridized carbons (Fsp3) is 0.364. The molecule has 0 bridgehead atoms. The number of rotatable bonds is 4. The number of hydrogen-bond donors (Lipinski definition) is 2. The lowest BCUT2D eigenvalue weighted by Gasteiger charge is -2.12. The molecule has 0 saturated carbocycles. The van der Waals surface area contributed by atoms with Gasteiger partial charge in [-0.1, -0.05) is 12.2 Å². The number of hydrogen-bond acceptors (Lipinski definition) is 3. The van der Waals surface area contributed by atoms with Crippen molar-refractivity contribution >= 4 is 23.1 Å². The van der Waals surface area contributed by atoms with Gasteiger partial charge >= 0.3 is 6.18 Å². The average Bonchev–Trinajstić information content (AvgIpc) is 2.30. The zero-order valence-corrected chi connectivity index (χ0v) is 11.3. The number of pyridine rings is 1. The molecular weight excluding hydrogens is 295 g/mol. The lowest BCUT2D eigenvalue weighted by molar-refractivity contribution is -0.138. The summed E-state index contributed by atoms with van der Waals surface area (Å²) in [6.07, 6.45) is -4.50. The second kappa shape index (κ2) is 6.04. The van der Waals surface area contributed by atoms with Crippen LogP contribution < -0.4 is 16.6 Å². The summed E-state index contributed by atoms with van der Waals surface area (Å²) < 4.78 is 36.9. The summed E-state index contributed by atoms with van der Waals surface area (Å²) in [5.74, 6) is -0.924. The van der Waals surface area contributed by atoms with Crippen LogP contribution in [-0.4, -0.2) is 28.2 Å². The molecule has 1 aromatic rings. The van der Waals surface area contributed by atoms with Gasteiger partial charge in [-0.15, -0.1) is 0 Å². The maximum Gasteiger partial charge on any atom is 0.405 e. The van der Waals surface area contributed by atoms with Gasteiger partial charge in [-0.05, 0) is 19.1 Å². The third-order valence-corrected chi connectivity index (χ3v) is 2.67. The van der Waals surface area contributed by atoms with Gasteiger partial charge in [0.25, 0.3) is 5.56 Å². The monoisotopic (exact) mass is 307 g/mol. The summed E-state index contributed by atoms with van der Waals surface area (Å²) in [6, 6.07) is 2.91. The molecule has 0 radical (unpaired) electrons. The van der Waals surface area contributed by atoms with Crippen molar-refractivity contribution in [2.24, 2.45) is 5.73 Å². The number of nitrogens with zero attached hydrogens (tertiary/aromatic N) is 1. The van der Waals surface area contributed by atoms with Gasteiger partial charge in [0, 0.05) is 5.69 Å². The Balaban J connectivity index is 2.93. The molecule has 1 amide bonds. The van der Waals surface area contributed by atoms with Crippen LogP contribution in [0.15, 0.2) is 16.9 Å². The van der Waals surface area contributed by atoms with Crippen LogP contribution in [0.25, 0.3) is 0 Å². The van der Waals surface area contributed by atoms with Gasteiger partial charge in [-0.2, -0.15) is 13.2 Å². The zero-order chi connectivity index (χ0) is 15.5. The predicted octanol–water partition coefficient (Wildman–Crippen LogP) is 0.469. The molecular formula is C11H12F3N3O2S. The first kappa shape index (κ1) is 16.2. The van der Waals surface area contributed by atoms with Gasteiger partial charge in [0.05, 0.1) is 5.56 Å². The van der Waals surface area contributed by atoms with Crippen molar-refractivity contribution in [2.45, 2.75) is 19.6 Å². The highest BCUT2D eigenvalue weighted by Crippen LogP contribution is 2.12. The van der Waals surface area contributed by atoms with Crippen LogP contribution >= 0.6 is 12.2 Å². The van der Waals surface area contributed by atoms with Gasteiger partial charge in [0.15, 0.2) is 0 Å². The molecule has 0 aliphatic heterocycles. The van der Waals surface area contributed by atoms with Crippen LogP contribution in [0, 0.1) is 6.92 Å². The molecule has 9 heteroatoms. The second-order valence-electron chi connectivity index (χ2n) is 4.04. The number of alkyl halides is 3. The highest BCUT2D eigenvalue weighted by atomic mass is 32.1. The van der Waals surface area contributed by atoms with E-state index in [0.717, 1.165) is 4.57 Å². The van der Waals surface area contributed by atoms with E-state index in [9.17, 15) is 22.8 Å². The number of amides is 1. The molecule has 1 heterocycles. The smallest absolute Gasteiger partial charge is 0.389 e. The van der Waals surface area contributed by atoms with E-state index in [1.165, 1.54) is 12.1 Å². The molecule has 0 atom stereocenters. The Labute approximate surface area is 117 Å². The van der Waals surface area contributed by atoms with Crippen LogP contribution in [0.2, 0.25) is 0 Å². The van der Waals surface area contributed by atoms with Crippen molar-refractivity contribution in [1.82, 2.24) is 9.88 Å². The van der Waals surface area contributed by atoms with Crippen molar-refractivity contribution in [3.05, 3.63) is 33.7 Å². The number of thiocarbonyl (C=S) groups is 1. The lowest BCUT2D eigenvalue weighted by atomic mass is 10.2. The minimum Gasteiger partial charge on any atom is -0.389 e. The quantitative estimate of drug-likeness (QED) is 0.793. The molecule has 1 rings (SSSR count). The Morgan fingerprint density at radius 1 is 1.45 bits per heavy atom. The van der Waals surface area contributed by atoms with Crippen LogP contribution in [0.1, 0.15) is 11.3 Å². The van der Waals surface area contributed by atoms with Crippen LogP contribution in [-0.2, 0) is 11.3 Å². The molecule has 5 nitrogen and oxygen atoms in total. The summed E-state index contributed by atoms with van der Waals surface area (Å²) in [5.41, 5.74) is 5.19. The summed E-state index contributed by atoms with van der Waals surface area (Å²) in [6.45, 7) is -0.437. The SMILES string of the molecule is Cc1ccc(C(N)=S)c(=O)n1CC(=O)NCC(F)(F)F. The third kappa shape index (κ3) is 4.34. The van der Waals surface area contributed by atoms with E-state index in [4.69, 9.17) is 5.73 Å². The standard InChI is InChI=1S/C11H12F3N3O2S/c1-6-2-3-7(9(15)20)10(19)17(6)4-8(18)16-5-11(12,13)14/h2-3H,4-5H2,1H3,(H2,15,20)(H,16,18). The number of nitrogens with one attached hydrogen (secondary N) is 1. The molecule has 1 aromatic heterocycles. The zero-order valence-electron chi connectivity index (χ0n) is 10.5. The normalized spacial score (nSPS) is 11.2. The molecule has 110 valence electrons. The lowest BCUT2D eigenvalue weighted by Crippen LogP contribution is -2.39. The van der Waals surface area contributed by atoms with E-state index in [2.05, 4.69) is 12.2 Å². The van der Waals surface area contributed by atoms with E-state index < -0.39 is 30.7 Å². The minimum atomic E-state index is -4.50. The molecule has 0 unspecified atom stereocenters. The molecule has 0 aliphatic rings. The molecule has 0 fully saturated rings. The summed E-state index contributed by atoms with van der Waals surface area (Å²) in [4.78, 5) is 23.2. The number of aromatic nitrogens is 1. The van der Waals surface area contributed by atoms with Crippen molar-refractivity contribution in [3.8, 4) is 0 Å². The highest BCUT2D eigenvalue weighted by Gasteiger charge is 2.27.